The predicted molar refractivity (Wildman–Crippen MR) is 117 cm³/mol. The molecule has 0 unspecified atom stereocenters. The van der Waals surface area contributed by atoms with Gasteiger partial charge in [-0.15, -0.1) is 0 Å². The third kappa shape index (κ3) is 4.92. The van der Waals surface area contributed by atoms with Crippen molar-refractivity contribution in [3.63, 3.8) is 0 Å². The lowest BCUT2D eigenvalue weighted by Gasteiger charge is -2.19. The summed E-state index contributed by atoms with van der Waals surface area (Å²) in [7, 11) is 0. The molecule has 1 aromatic heterocycles. The summed E-state index contributed by atoms with van der Waals surface area (Å²) in [5, 5.41) is 9.93. The predicted octanol–water partition coefficient (Wildman–Crippen LogP) is 2.02. The number of hydrogen-bond donors (Lipinski definition) is 2. The zero-order chi connectivity index (χ0) is 22.7. The SMILES string of the molecule is CC(C)c1ccc(OCCc2cc([C@@H]3CCN(C(=O)CN4C(=O)CNC4=O)C3)n[nH]2)cc1. The molecule has 2 aliphatic rings. The topological polar surface area (TPSA) is 108 Å². The average molecular weight is 440 g/mol. The maximum Gasteiger partial charge on any atom is 0.325 e. The Morgan fingerprint density at radius 2 is 2.03 bits per heavy atom. The van der Waals surface area contributed by atoms with Crippen molar-refractivity contribution in [2.75, 3.05) is 32.8 Å². The molecule has 0 spiro atoms. The number of H-pyrrole nitrogens is 1. The molecule has 3 heterocycles. The van der Waals surface area contributed by atoms with Gasteiger partial charge in [0.15, 0.2) is 0 Å². The van der Waals surface area contributed by atoms with Crippen LogP contribution < -0.4 is 10.1 Å². The van der Waals surface area contributed by atoms with Crippen LogP contribution in [0.3, 0.4) is 0 Å². The molecular formula is C23H29N5O4. The molecule has 2 N–H and O–H groups in total. The van der Waals surface area contributed by atoms with Gasteiger partial charge >= 0.3 is 6.03 Å². The number of likely N-dealkylation sites (tertiary alicyclic amines) is 1. The summed E-state index contributed by atoms with van der Waals surface area (Å²) in [5.74, 6) is 0.900. The first-order chi connectivity index (χ1) is 15.4. The number of nitrogens with zero attached hydrogens (tertiary/aromatic N) is 3. The minimum Gasteiger partial charge on any atom is -0.493 e. The quantitative estimate of drug-likeness (QED) is 0.612. The van der Waals surface area contributed by atoms with Crippen molar-refractivity contribution in [3.05, 3.63) is 47.3 Å². The van der Waals surface area contributed by atoms with Crippen LogP contribution in [0.5, 0.6) is 5.75 Å². The molecule has 0 aliphatic carbocycles. The molecule has 0 bridgehead atoms. The number of aromatic nitrogens is 2. The van der Waals surface area contributed by atoms with Crippen molar-refractivity contribution in [3.8, 4) is 5.75 Å². The fourth-order valence-corrected chi connectivity index (χ4v) is 4.02. The van der Waals surface area contributed by atoms with Crippen LogP contribution in [0.1, 0.15) is 49.1 Å². The van der Waals surface area contributed by atoms with E-state index in [2.05, 4.69) is 41.5 Å². The highest BCUT2D eigenvalue weighted by atomic mass is 16.5. The first-order valence-corrected chi connectivity index (χ1v) is 11.0. The molecule has 4 rings (SSSR count). The number of ether oxygens (including phenoxy) is 1. The van der Waals surface area contributed by atoms with Crippen molar-refractivity contribution < 1.29 is 19.1 Å². The highest BCUT2D eigenvalue weighted by Crippen LogP contribution is 2.26. The molecule has 1 aromatic carbocycles. The van der Waals surface area contributed by atoms with E-state index in [1.807, 2.05) is 18.2 Å². The van der Waals surface area contributed by atoms with Crippen molar-refractivity contribution in [1.82, 2.24) is 25.3 Å². The van der Waals surface area contributed by atoms with Gasteiger partial charge in [0, 0.05) is 31.1 Å². The Morgan fingerprint density at radius 1 is 1.25 bits per heavy atom. The maximum atomic E-state index is 12.5. The van der Waals surface area contributed by atoms with Gasteiger partial charge in [-0.2, -0.15) is 5.10 Å². The average Bonchev–Trinajstić information content (AvgIpc) is 3.51. The van der Waals surface area contributed by atoms with E-state index in [0.717, 1.165) is 28.5 Å². The van der Waals surface area contributed by atoms with Crippen LogP contribution in [-0.4, -0.2) is 70.6 Å². The Hall–Kier alpha value is -3.36. The Morgan fingerprint density at radius 3 is 2.72 bits per heavy atom. The first kappa shape index (κ1) is 21.9. The highest BCUT2D eigenvalue weighted by molar-refractivity contribution is 6.04. The Balaban J connectivity index is 1.24. The molecule has 2 saturated heterocycles. The summed E-state index contributed by atoms with van der Waals surface area (Å²) in [5.41, 5.74) is 3.20. The standard InChI is InChI=1S/C23H29N5O4/c1-15(2)16-3-5-19(6-4-16)32-10-8-18-11-20(26-25-18)17-7-9-27(13-17)22(30)14-28-21(29)12-24-23(28)31/h3-6,11,15,17H,7-10,12-14H2,1-2H3,(H,24,31)(H,25,26)/t17-/m1/s1. The smallest absolute Gasteiger partial charge is 0.325 e. The fourth-order valence-electron chi connectivity index (χ4n) is 4.02. The van der Waals surface area contributed by atoms with E-state index < -0.39 is 6.03 Å². The molecule has 9 heteroatoms. The summed E-state index contributed by atoms with van der Waals surface area (Å²) in [6.07, 6.45) is 1.51. The minimum absolute atomic E-state index is 0.0439. The van der Waals surface area contributed by atoms with Crippen molar-refractivity contribution in [2.24, 2.45) is 0 Å². The number of carbonyl (C=O) groups excluding carboxylic acids is 3. The monoisotopic (exact) mass is 439 g/mol. The van der Waals surface area contributed by atoms with Crippen LogP contribution in [-0.2, 0) is 16.0 Å². The summed E-state index contributed by atoms with van der Waals surface area (Å²) >= 11 is 0. The third-order valence-corrected chi connectivity index (χ3v) is 6.03. The zero-order valence-corrected chi connectivity index (χ0v) is 18.5. The summed E-state index contributed by atoms with van der Waals surface area (Å²) < 4.78 is 5.84. The Labute approximate surface area is 187 Å². The Kier molecular flexibility index (Phi) is 6.43. The van der Waals surface area contributed by atoms with E-state index in [-0.39, 0.29) is 30.8 Å². The van der Waals surface area contributed by atoms with E-state index in [9.17, 15) is 14.4 Å². The molecule has 1 atom stereocenters. The largest absolute Gasteiger partial charge is 0.493 e. The van der Waals surface area contributed by atoms with Gasteiger partial charge in [-0.05, 0) is 36.1 Å². The third-order valence-electron chi connectivity index (χ3n) is 6.03. The second kappa shape index (κ2) is 9.42. The lowest BCUT2D eigenvalue weighted by atomic mass is 10.0. The van der Waals surface area contributed by atoms with Crippen molar-refractivity contribution in [1.29, 1.82) is 0 Å². The van der Waals surface area contributed by atoms with Gasteiger partial charge in [0.2, 0.25) is 5.91 Å². The number of hydrogen-bond acceptors (Lipinski definition) is 5. The Bertz CT molecular complexity index is 969. The fraction of sp³-hybridized carbons (Fsp3) is 0.478. The number of aromatic amines is 1. The van der Waals surface area contributed by atoms with Crippen LogP contribution >= 0.6 is 0 Å². The molecule has 9 nitrogen and oxygen atoms in total. The molecule has 2 aliphatic heterocycles. The van der Waals surface area contributed by atoms with E-state index in [0.29, 0.717) is 32.0 Å². The molecule has 170 valence electrons. The van der Waals surface area contributed by atoms with Crippen LogP contribution in [0, 0.1) is 0 Å². The zero-order valence-electron chi connectivity index (χ0n) is 18.5. The number of amides is 4. The van der Waals surface area contributed by atoms with Gasteiger partial charge in [-0.25, -0.2) is 4.79 Å². The van der Waals surface area contributed by atoms with Gasteiger partial charge in [0.05, 0.1) is 18.8 Å². The molecule has 32 heavy (non-hydrogen) atoms. The minimum atomic E-state index is -0.505. The number of nitrogens with one attached hydrogen (secondary N) is 2. The maximum absolute atomic E-state index is 12.5. The number of imide groups is 1. The van der Waals surface area contributed by atoms with Gasteiger partial charge in [0.1, 0.15) is 12.3 Å². The lowest BCUT2D eigenvalue weighted by Crippen LogP contribution is -2.42. The van der Waals surface area contributed by atoms with E-state index >= 15 is 0 Å². The summed E-state index contributed by atoms with van der Waals surface area (Å²) in [6, 6.07) is 9.70. The van der Waals surface area contributed by atoms with Gasteiger partial charge in [-0.3, -0.25) is 19.6 Å². The van der Waals surface area contributed by atoms with Crippen LogP contribution in [0.25, 0.3) is 0 Å². The summed E-state index contributed by atoms with van der Waals surface area (Å²) in [4.78, 5) is 38.5. The van der Waals surface area contributed by atoms with Gasteiger partial charge in [-0.1, -0.05) is 26.0 Å². The van der Waals surface area contributed by atoms with Crippen LogP contribution in [0.4, 0.5) is 4.79 Å². The normalized spacial score (nSPS) is 18.5. The van der Waals surface area contributed by atoms with Gasteiger partial charge in [0.25, 0.3) is 5.91 Å². The van der Waals surface area contributed by atoms with E-state index in [1.165, 1.54) is 5.56 Å². The second-order valence-corrected chi connectivity index (χ2v) is 8.60. The van der Waals surface area contributed by atoms with Crippen LogP contribution in [0.2, 0.25) is 0 Å². The molecule has 2 aromatic rings. The van der Waals surface area contributed by atoms with Crippen LogP contribution in [0.15, 0.2) is 30.3 Å². The highest BCUT2D eigenvalue weighted by Gasteiger charge is 2.34. The van der Waals surface area contributed by atoms with Crippen molar-refractivity contribution >= 4 is 17.8 Å². The first-order valence-electron chi connectivity index (χ1n) is 11.0. The molecule has 4 amide bonds. The molecule has 2 fully saturated rings. The summed E-state index contributed by atoms with van der Waals surface area (Å²) in [6.45, 7) is 5.74. The number of urea groups is 1. The van der Waals surface area contributed by atoms with E-state index in [4.69, 9.17) is 4.74 Å². The number of carbonyl (C=O) groups is 3. The van der Waals surface area contributed by atoms with Gasteiger partial charge < -0.3 is 15.0 Å². The molecular weight excluding hydrogens is 410 g/mol. The lowest BCUT2D eigenvalue weighted by molar-refractivity contribution is -0.135. The number of rotatable bonds is 8. The molecule has 0 saturated carbocycles. The second-order valence-electron chi connectivity index (χ2n) is 8.60. The molecule has 0 radical (unpaired) electrons. The number of benzene rings is 1. The van der Waals surface area contributed by atoms with E-state index in [1.54, 1.807) is 4.90 Å². The van der Waals surface area contributed by atoms with Crippen molar-refractivity contribution in [2.45, 2.75) is 38.5 Å².